The highest BCUT2D eigenvalue weighted by Gasteiger charge is 2.54. The first kappa shape index (κ1) is 23.4. The molecule has 0 spiro atoms. The fourth-order valence-corrected chi connectivity index (χ4v) is 2.80. The third-order valence-corrected chi connectivity index (χ3v) is 4.53. The number of ether oxygens (including phenoxy) is 2. The van der Waals surface area contributed by atoms with Crippen LogP contribution in [0.25, 0.3) is 0 Å². The third kappa shape index (κ3) is 6.02. The number of esters is 2. The topological polar surface area (TPSA) is 52.6 Å². The van der Waals surface area contributed by atoms with Gasteiger partial charge in [0.15, 0.2) is 0 Å². The third-order valence-electron chi connectivity index (χ3n) is 4.53. The van der Waals surface area contributed by atoms with Gasteiger partial charge in [0.1, 0.15) is 0 Å². The molecule has 0 aromatic heterocycles. The van der Waals surface area contributed by atoms with Crippen LogP contribution in [0.2, 0.25) is 0 Å². The highest BCUT2D eigenvalue weighted by Crippen LogP contribution is 2.45. The number of hydrogen-bond donors (Lipinski definition) is 0. The lowest BCUT2D eigenvalue weighted by atomic mass is 9.74. The Morgan fingerprint density at radius 2 is 1.52 bits per heavy atom. The Balaban J connectivity index is 6.13. The van der Waals surface area contributed by atoms with Crippen molar-refractivity contribution in [2.24, 2.45) is 11.3 Å². The predicted molar refractivity (Wildman–Crippen MR) is 102 cm³/mol. The molecule has 25 heavy (non-hydrogen) atoms. The smallest absolute Gasteiger partial charge is 0.336 e. The van der Waals surface area contributed by atoms with E-state index in [-0.39, 0.29) is 11.5 Å². The summed E-state index contributed by atoms with van der Waals surface area (Å²) in [4.78, 5) is 24.9. The van der Waals surface area contributed by atoms with Crippen LogP contribution >= 0.6 is 0 Å². The Morgan fingerprint density at radius 1 is 1.00 bits per heavy atom. The summed E-state index contributed by atoms with van der Waals surface area (Å²) in [6.45, 7) is 20.8. The van der Waals surface area contributed by atoms with Gasteiger partial charge in [-0.1, -0.05) is 67.5 Å². The molecule has 0 amide bonds. The van der Waals surface area contributed by atoms with Gasteiger partial charge in [-0.2, -0.15) is 0 Å². The molecular formula is C21H36O4. The van der Waals surface area contributed by atoms with Crippen LogP contribution in [0.1, 0.15) is 80.6 Å². The van der Waals surface area contributed by atoms with Gasteiger partial charge in [-0.3, -0.25) is 0 Å². The lowest BCUT2D eigenvalue weighted by Gasteiger charge is -2.47. The Morgan fingerprint density at radius 3 is 1.88 bits per heavy atom. The Hall–Kier alpha value is -1.58. The van der Waals surface area contributed by atoms with Crippen LogP contribution < -0.4 is 0 Å². The quantitative estimate of drug-likeness (QED) is 0.293. The Bertz CT molecular complexity index is 499. The molecule has 0 rings (SSSR count). The van der Waals surface area contributed by atoms with E-state index in [1.54, 1.807) is 6.92 Å². The minimum Gasteiger partial charge on any atom is -0.418 e. The van der Waals surface area contributed by atoms with Crippen LogP contribution in [0.4, 0.5) is 0 Å². The molecule has 0 aliphatic carbocycles. The first-order valence-corrected chi connectivity index (χ1v) is 9.26. The van der Waals surface area contributed by atoms with E-state index in [4.69, 9.17) is 9.47 Å². The monoisotopic (exact) mass is 352 g/mol. The molecule has 0 saturated heterocycles. The van der Waals surface area contributed by atoms with Gasteiger partial charge < -0.3 is 9.47 Å². The van der Waals surface area contributed by atoms with Crippen molar-refractivity contribution in [3.05, 3.63) is 24.3 Å². The summed E-state index contributed by atoms with van der Waals surface area (Å²) in [5.41, 5.74) is 0.0469. The van der Waals surface area contributed by atoms with Crippen molar-refractivity contribution in [2.45, 2.75) is 86.4 Å². The molecule has 2 atom stereocenters. The maximum Gasteiger partial charge on any atom is 0.336 e. The van der Waals surface area contributed by atoms with Crippen LogP contribution in [0.3, 0.4) is 0 Å². The van der Waals surface area contributed by atoms with E-state index < -0.39 is 23.1 Å². The number of unbranched alkanes of at least 4 members (excludes halogenated alkanes) is 1. The zero-order valence-corrected chi connectivity index (χ0v) is 17.2. The number of carbonyl (C=O) groups excluding carboxylic acids is 2. The molecule has 0 aromatic carbocycles. The zero-order chi connectivity index (χ0) is 19.8. The molecule has 0 aliphatic heterocycles. The van der Waals surface area contributed by atoms with Gasteiger partial charge in [0.25, 0.3) is 5.79 Å². The van der Waals surface area contributed by atoms with Gasteiger partial charge in [-0.15, -0.1) is 0 Å². The summed E-state index contributed by atoms with van der Waals surface area (Å²) in [5.74, 6) is -2.52. The van der Waals surface area contributed by atoms with Crippen LogP contribution in [0.5, 0.6) is 0 Å². The summed E-state index contributed by atoms with van der Waals surface area (Å²) in [6.07, 6.45) is 4.00. The van der Waals surface area contributed by atoms with E-state index in [1.165, 1.54) is 0 Å². The van der Waals surface area contributed by atoms with Crippen molar-refractivity contribution in [1.82, 2.24) is 0 Å². The maximum absolute atomic E-state index is 12.5. The second-order valence-electron chi connectivity index (χ2n) is 7.68. The molecular weight excluding hydrogens is 316 g/mol. The van der Waals surface area contributed by atoms with Crippen molar-refractivity contribution in [3.63, 3.8) is 0 Å². The van der Waals surface area contributed by atoms with E-state index in [0.717, 1.165) is 25.7 Å². The molecule has 0 radical (unpaired) electrons. The molecule has 0 saturated carbocycles. The van der Waals surface area contributed by atoms with E-state index in [1.807, 2.05) is 34.6 Å². The molecule has 0 heterocycles. The first-order chi connectivity index (χ1) is 11.5. The van der Waals surface area contributed by atoms with Crippen molar-refractivity contribution in [2.75, 3.05) is 0 Å². The van der Waals surface area contributed by atoms with Crippen molar-refractivity contribution < 1.29 is 19.1 Å². The van der Waals surface area contributed by atoms with Gasteiger partial charge in [-0.05, 0) is 26.2 Å². The van der Waals surface area contributed by atoms with Crippen LogP contribution in [0.15, 0.2) is 24.3 Å². The van der Waals surface area contributed by atoms with Crippen LogP contribution in [-0.2, 0) is 19.1 Å². The SMILES string of the molecule is C=C(C)C(=O)OC(OC(=O)C(=C)CC)(C(CC)CCCC)C(C)(C)C. The second-order valence-corrected chi connectivity index (χ2v) is 7.68. The molecule has 0 aromatic rings. The molecule has 4 nitrogen and oxygen atoms in total. The average Bonchev–Trinajstić information content (AvgIpc) is 2.52. The first-order valence-electron chi connectivity index (χ1n) is 9.26. The standard InChI is InChI=1S/C21H36O4/c1-10-13-14-17(12-3)21(20(7,8)9,24-18(22)15(4)5)25-19(23)16(6)11-2/h17H,4,6,10-14H2,1-3,5,7-9H3. The molecule has 144 valence electrons. The average molecular weight is 353 g/mol. The fraction of sp³-hybridized carbons (Fsp3) is 0.714. The summed E-state index contributed by atoms with van der Waals surface area (Å²) >= 11 is 0. The normalized spacial score (nSPS) is 15.0. The van der Waals surface area contributed by atoms with Crippen molar-refractivity contribution >= 4 is 11.9 Å². The zero-order valence-electron chi connectivity index (χ0n) is 17.2. The number of rotatable bonds is 10. The number of hydrogen-bond acceptors (Lipinski definition) is 4. The van der Waals surface area contributed by atoms with Crippen LogP contribution in [-0.4, -0.2) is 17.7 Å². The lowest BCUT2D eigenvalue weighted by Crippen LogP contribution is -2.56. The molecule has 0 bridgehead atoms. The van der Waals surface area contributed by atoms with Gasteiger partial charge in [0.05, 0.1) is 0 Å². The largest absolute Gasteiger partial charge is 0.418 e. The van der Waals surface area contributed by atoms with Crippen molar-refractivity contribution in [3.8, 4) is 0 Å². The van der Waals surface area contributed by atoms with E-state index >= 15 is 0 Å². The summed E-state index contributed by atoms with van der Waals surface area (Å²) in [7, 11) is 0. The van der Waals surface area contributed by atoms with Gasteiger partial charge in [0.2, 0.25) is 0 Å². The minimum atomic E-state index is -1.36. The fourth-order valence-electron chi connectivity index (χ4n) is 2.80. The van der Waals surface area contributed by atoms with Gasteiger partial charge in [-0.25, -0.2) is 9.59 Å². The molecule has 4 heteroatoms. The Labute approximate surface area is 153 Å². The summed E-state index contributed by atoms with van der Waals surface area (Å²) in [6, 6.07) is 0. The second kappa shape index (κ2) is 9.79. The van der Waals surface area contributed by atoms with Gasteiger partial charge >= 0.3 is 11.9 Å². The predicted octanol–water partition coefficient (Wildman–Crippen LogP) is 5.57. The minimum absolute atomic E-state index is 0.107. The van der Waals surface area contributed by atoms with Gasteiger partial charge in [0, 0.05) is 22.5 Å². The number of carbonyl (C=O) groups is 2. The highest BCUT2D eigenvalue weighted by molar-refractivity contribution is 5.89. The maximum atomic E-state index is 12.5. The van der Waals surface area contributed by atoms with E-state index in [9.17, 15) is 9.59 Å². The molecule has 2 unspecified atom stereocenters. The lowest BCUT2D eigenvalue weighted by molar-refractivity contribution is -0.285. The molecule has 0 N–H and O–H groups in total. The van der Waals surface area contributed by atoms with Crippen molar-refractivity contribution in [1.29, 1.82) is 0 Å². The molecule has 0 aliphatic rings. The van der Waals surface area contributed by atoms with E-state index in [2.05, 4.69) is 20.1 Å². The Kier molecular flexibility index (Phi) is 9.17. The molecule has 0 fully saturated rings. The highest BCUT2D eigenvalue weighted by atomic mass is 16.7. The van der Waals surface area contributed by atoms with Crippen LogP contribution in [0, 0.1) is 11.3 Å². The van der Waals surface area contributed by atoms with E-state index in [0.29, 0.717) is 12.0 Å². The summed E-state index contributed by atoms with van der Waals surface area (Å²) in [5, 5.41) is 0. The summed E-state index contributed by atoms with van der Waals surface area (Å²) < 4.78 is 11.8.